The van der Waals surface area contributed by atoms with Gasteiger partial charge in [-0.05, 0) is 42.2 Å². The largest absolute Gasteiger partial charge is 0.508 e. The van der Waals surface area contributed by atoms with Gasteiger partial charge in [0.05, 0.1) is 17.7 Å². The first kappa shape index (κ1) is 16.8. The molecular formula is C18H24N2O4. The SMILES string of the molecule is CC1(C)[C@]2(C(=O)NN=Cc3ccc(O)cc3O)CC[C@@]1(C)C(O)C2. The Morgan fingerprint density at radius 2 is 2.00 bits per heavy atom. The molecule has 0 aromatic heterocycles. The van der Waals surface area contributed by atoms with E-state index in [0.29, 0.717) is 12.0 Å². The van der Waals surface area contributed by atoms with Gasteiger partial charge in [0.1, 0.15) is 11.5 Å². The Morgan fingerprint density at radius 1 is 1.29 bits per heavy atom. The van der Waals surface area contributed by atoms with Crippen molar-refractivity contribution in [3.63, 3.8) is 0 Å². The highest BCUT2D eigenvalue weighted by atomic mass is 16.3. The number of rotatable bonds is 3. The third-order valence-corrected chi connectivity index (χ3v) is 6.79. The summed E-state index contributed by atoms with van der Waals surface area (Å²) in [5.74, 6) is -0.349. The van der Waals surface area contributed by atoms with Crippen LogP contribution in [0.5, 0.6) is 11.5 Å². The minimum absolute atomic E-state index is 0.0421. The van der Waals surface area contributed by atoms with Crippen LogP contribution < -0.4 is 5.43 Å². The van der Waals surface area contributed by atoms with Crippen molar-refractivity contribution in [3.05, 3.63) is 23.8 Å². The van der Waals surface area contributed by atoms with Crippen LogP contribution >= 0.6 is 0 Å². The van der Waals surface area contributed by atoms with Crippen LogP contribution in [0.15, 0.2) is 23.3 Å². The zero-order chi connectivity index (χ0) is 17.8. The minimum atomic E-state index is -0.629. The Hall–Kier alpha value is -2.08. The van der Waals surface area contributed by atoms with Crippen molar-refractivity contribution in [1.82, 2.24) is 5.43 Å². The lowest BCUT2D eigenvalue weighted by atomic mass is 9.64. The molecule has 2 aliphatic carbocycles. The fraction of sp³-hybridized carbons (Fsp3) is 0.556. The number of carbonyl (C=O) groups is 1. The number of hydrogen-bond donors (Lipinski definition) is 4. The van der Waals surface area contributed by atoms with Gasteiger partial charge in [-0.1, -0.05) is 20.8 Å². The molecule has 4 N–H and O–H groups in total. The summed E-state index contributed by atoms with van der Waals surface area (Å²) in [4.78, 5) is 12.8. The van der Waals surface area contributed by atoms with Crippen LogP contribution in [-0.4, -0.2) is 33.5 Å². The van der Waals surface area contributed by atoms with Crippen molar-refractivity contribution in [3.8, 4) is 11.5 Å². The third-order valence-electron chi connectivity index (χ3n) is 6.79. The van der Waals surface area contributed by atoms with Crippen molar-refractivity contribution < 1.29 is 20.1 Å². The van der Waals surface area contributed by atoms with Gasteiger partial charge < -0.3 is 15.3 Å². The molecule has 0 heterocycles. The number of phenolic OH excluding ortho intramolecular Hbond substituents is 2. The quantitative estimate of drug-likeness (QED) is 0.503. The maximum absolute atomic E-state index is 12.8. The Kier molecular flexibility index (Phi) is 3.64. The number of aromatic hydroxyl groups is 2. The maximum Gasteiger partial charge on any atom is 0.246 e. The van der Waals surface area contributed by atoms with Crippen molar-refractivity contribution in [2.75, 3.05) is 0 Å². The second-order valence-electron chi connectivity index (χ2n) is 7.79. The summed E-state index contributed by atoms with van der Waals surface area (Å²) >= 11 is 0. The normalized spacial score (nSPS) is 33.9. The molecule has 1 aromatic rings. The van der Waals surface area contributed by atoms with Gasteiger partial charge >= 0.3 is 0 Å². The summed E-state index contributed by atoms with van der Waals surface area (Å²) in [5, 5.41) is 33.4. The smallest absolute Gasteiger partial charge is 0.246 e. The highest BCUT2D eigenvalue weighted by Crippen LogP contribution is 2.72. The van der Waals surface area contributed by atoms with Crippen LogP contribution in [0.3, 0.4) is 0 Å². The number of aliphatic hydroxyl groups excluding tert-OH is 1. The lowest BCUT2D eigenvalue weighted by Gasteiger charge is -2.39. The zero-order valence-electron chi connectivity index (χ0n) is 14.2. The molecule has 0 aliphatic heterocycles. The predicted molar refractivity (Wildman–Crippen MR) is 89.7 cm³/mol. The van der Waals surface area contributed by atoms with E-state index in [1.54, 1.807) is 0 Å². The molecular weight excluding hydrogens is 308 g/mol. The topological polar surface area (TPSA) is 102 Å². The Morgan fingerprint density at radius 3 is 2.54 bits per heavy atom. The Balaban J connectivity index is 1.77. The summed E-state index contributed by atoms with van der Waals surface area (Å²) in [6, 6.07) is 4.15. The molecule has 6 nitrogen and oxygen atoms in total. The molecule has 24 heavy (non-hydrogen) atoms. The minimum Gasteiger partial charge on any atom is -0.508 e. The number of fused-ring (bicyclic) bond motifs is 2. The molecule has 0 saturated heterocycles. The van der Waals surface area contributed by atoms with Crippen LogP contribution in [0, 0.1) is 16.2 Å². The molecule has 0 spiro atoms. The number of nitrogens with one attached hydrogen (secondary N) is 1. The lowest BCUT2D eigenvalue weighted by Crippen LogP contribution is -2.45. The van der Waals surface area contributed by atoms with Crippen molar-refractivity contribution >= 4 is 12.1 Å². The fourth-order valence-electron chi connectivity index (χ4n) is 4.54. The van der Waals surface area contributed by atoms with Gasteiger partial charge in [-0.2, -0.15) is 5.10 Å². The molecule has 1 aromatic carbocycles. The van der Waals surface area contributed by atoms with E-state index < -0.39 is 11.5 Å². The van der Waals surface area contributed by atoms with Gasteiger partial charge in [0.2, 0.25) is 5.91 Å². The first-order valence-corrected chi connectivity index (χ1v) is 8.18. The highest BCUT2D eigenvalue weighted by Gasteiger charge is 2.72. The molecule has 6 heteroatoms. The lowest BCUT2D eigenvalue weighted by molar-refractivity contribution is -0.136. The van der Waals surface area contributed by atoms with Gasteiger partial charge in [-0.25, -0.2) is 5.43 Å². The van der Waals surface area contributed by atoms with Crippen LogP contribution in [0.4, 0.5) is 0 Å². The maximum atomic E-state index is 12.8. The van der Waals surface area contributed by atoms with Crippen LogP contribution in [0.1, 0.15) is 45.6 Å². The van der Waals surface area contributed by atoms with Crippen molar-refractivity contribution in [2.45, 2.75) is 46.1 Å². The number of hydrogen-bond acceptors (Lipinski definition) is 5. The van der Waals surface area contributed by atoms with Gasteiger partial charge in [0.15, 0.2) is 0 Å². The molecule has 2 fully saturated rings. The molecule has 0 radical (unpaired) electrons. The average molecular weight is 332 g/mol. The van der Waals surface area contributed by atoms with Gasteiger partial charge in [-0.3, -0.25) is 4.79 Å². The highest BCUT2D eigenvalue weighted by molar-refractivity contribution is 5.88. The number of carbonyl (C=O) groups excluding carboxylic acids is 1. The summed E-state index contributed by atoms with van der Waals surface area (Å²) in [5.41, 5.74) is 1.76. The van der Waals surface area contributed by atoms with E-state index in [1.807, 2.05) is 13.8 Å². The molecule has 1 unspecified atom stereocenters. The second kappa shape index (κ2) is 5.21. The second-order valence-corrected chi connectivity index (χ2v) is 7.79. The molecule has 2 saturated carbocycles. The van der Waals surface area contributed by atoms with Gasteiger partial charge in [0, 0.05) is 11.6 Å². The molecule has 2 bridgehead atoms. The number of nitrogens with zero attached hydrogens (tertiary/aromatic N) is 1. The molecule has 3 atom stereocenters. The number of hydrazone groups is 1. The van der Waals surface area contributed by atoms with E-state index in [1.165, 1.54) is 24.4 Å². The van der Waals surface area contributed by atoms with Crippen molar-refractivity contribution in [2.24, 2.45) is 21.3 Å². The van der Waals surface area contributed by atoms with Crippen LogP contribution in [-0.2, 0) is 4.79 Å². The van der Waals surface area contributed by atoms with E-state index in [0.717, 1.165) is 12.8 Å². The van der Waals surface area contributed by atoms with E-state index in [9.17, 15) is 20.1 Å². The predicted octanol–water partition coefficient (Wildman–Crippen LogP) is 2.13. The summed E-state index contributed by atoms with van der Waals surface area (Å²) in [6.45, 7) is 6.15. The van der Waals surface area contributed by atoms with Gasteiger partial charge in [-0.15, -0.1) is 0 Å². The number of phenols is 2. The number of aliphatic hydroxyl groups is 1. The van der Waals surface area contributed by atoms with Crippen LogP contribution in [0.2, 0.25) is 0 Å². The first-order valence-electron chi connectivity index (χ1n) is 8.18. The van der Waals surface area contributed by atoms with Crippen LogP contribution in [0.25, 0.3) is 0 Å². The monoisotopic (exact) mass is 332 g/mol. The molecule has 1 amide bonds. The summed E-state index contributed by atoms with van der Waals surface area (Å²) in [7, 11) is 0. The van der Waals surface area contributed by atoms with E-state index >= 15 is 0 Å². The Bertz CT molecular complexity index is 715. The molecule has 2 aliphatic rings. The van der Waals surface area contributed by atoms with E-state index in [-0.39, 0.29) is 28.2 Å². The standard InChI is InChI=1S/C18H24N2O4/c1-16(2)17(3)6-7-18(16,9-14(17)23)15(24)20-19-10-11-4-5-12(21)8-13(11)22/h4-5,8,10,14,21-23H,6-7,9H2,1-3H3,(H,20,24)/t14?,17-,18+/m0/s1. The van der Waals surface area contributed by atoms with E-state index in [2.05, 4.69) is 17.5 Å². The molecule has 3 rings (SSSR count). The van der Waals surface area contributed by atoms with Crippen molar-refractivity contribution in [1.29, 1.82) is 0 Å². The molecule has 130 valence electrons. The average Bonchev–Trinajstić information content (AvgIpc) is 2.79. The number of amides is 1. The van der Waals surface area contributed by atoms with Gasteiger partial charge in [0.25, 0.3) is 0 Å². The summed E-state index contributed by atoms with van der Waals surface area (Å²) < 4.78 is 0. The fourth-order valence-corrected chi connectivity index (χ4v) is 4.54. The van der Waals surface area contributed by atoms with E-state index in [4.69, 9.17) is 0 Å². The summed E-state index contributed by atoms with van der Waals surface area (Å²) in [6.07, 6.45) is 2.85. The number of benzene rings is 1. The first-order chi connectivity index (χ1) is 11.1. The zero-order valence-corrected chi connectivity index (χ0v) is 14.2. The Labute approximate surface area is 141 Å². The third kappa shape index (κ3) is 2.05.